The van der Waals surface area contributed by atoms with Gasteiger partial charge in [0, 0.05) is 29.5 Å². The van der Waals surface area contributed by atoms with Crippen LogP contribution in [-0.2, 0) is 13.1 Å². The van der Waals surface area contributed by atoms with Crippen LogP contribution in [0, 0.1) is 0 Å². The van der Waals surface area contributed by atoms with Crippen LogP contribution in [0.4, 0.5) is 5.13 Å². The molecule has 0 aliphatic carbocycles. The van der Waals surface area contributed by atoms with Crippen molar-refractivity contribution in [2.45, 2.75) is 19.5 Å². The number of benzene rings is 1. The van der Waals surface area contributed by atoms with Gasteiger partial charge in [0.15, 0.2) is 5.13 Å². The number of nitrogen functional groups attached to an aromatic ring is 1. The largest absolute Gasteiger partial charge is 0.494 e. The van der Waals surface area contributed by atoms with Crippen LogP contribution in [0.3, 0.4) is 0 Å². The Morgan fingerprint density at radius 3 is 2.85 bits per heavy atom. The lowest BCUT2D eigenvalue weighted by atomic mass is 10.3. The number of thiazole rings is 1. The minimum Gasteiger partial charge on any atom is -0.494 e. The molecule has 20 heavy (non-hydrogen) atoms. The number of fused-ring (bicyclic) bond motifs is 1. The first-order valence-corrected chi connectivity index (χ1v) is 7.75. The number of aromatic nitrogens is 1. The first kappa shape index (κ1) is 13.7. The van der Waals surface area contributed by atoms with Crippen molar-refractivity contribution < 1.29 is 4.74 Å². The molecule has 0 bridgehead atoms. The molecule has 0 atom stereocenters. The summed E-state index contributed by atoms with van der Waals surface area (Å²) in [5.41, 5.74) is 6.84. The predicted molar refractivity (Wildman–Crippen MR) is 82.2 cm³/mol. The molecule has 6 heteroatoms. The van der Waals surface area contributed by atoms with Gasteiger partial charge < -0.3 is 10.5 Å². The Kier molecular flexibility index (Phi) is 4.10. The molecule has 4 nitrogen and oxygen atoms in total. The van der Waals surface area contributed by atoms with Gasteiger partial charge >= 0.3 is 0 Å². The highest BCUT2D eigenvalue weighted by molar-refractivity contribution is 7.15. The van der Waals surface area contributed by atoms with E-state index in [-0.39, 0.29) is 0 Å². The fourth-order valence-corrected chi connectivity index (χ4v) is 3.30. The molecule has 0 spiro atoms. The van der Waals surface area contributed by atoms with Gasteiger partial charge in [0.05, 0.1) is 12.3 Å². The molecule has 0 amide bonds. The summed E-state index contributed by atoms with van der Waals surface area (Å²) < 4.78 is 5.68. The van der Waals surface area contributed by atoms with Gasteiger partial charge in [-0.05, 0) is 30.7 Å². The van der Waals surface area contributed by atoms with E-state index in [1.54, 1.807) is 11.3 Å². The Balaban J connectivity index is 1.39. The first-order valence-electron chi connectivity index (χ1n) is 6.55. The zero-order valence-corrected chi connectivity index (χ0v) is 12.6. The molecule has 1 aliphatic rings. The third-order valence-electron chi connectivity index (χ3n) is 3.24. The molecule has 1 aromatic carbocycles. The number of nitrogens with two attached hydrogens (primary N) is 1. The highest BCUT2D eigenvalue weighted by Crippen LogP contribution is 2.29. The van der Waals surface area contributed by atoms with Crippen LogP contribution in [0.15, 0.2) is 24.3 Å². The van der Waals surface area contributed by atoms with E-state index >= 15 is 0 Å². The van der Waals surface area contributed by atoms with Crippen LogP contribution >= 0.6 is 22.9 Å². The van der Waals surface area contributed by atoms with Gasteiger partial charge in [-0.15, -0.1) is 11.3 Å². The van der Waals surface area contributed by atoms with Gasteiger partial charge in [-0.2, -0.15) is 0 Å². The second kappa shape index (κ2) is 5.99. The SMILES string of the molecule is Nc1nc2c(s1)CN(CCCOc1ccc(Cl)cc1)C2. The fourth-order valence-electron chi connectivity index (χ4n) is 2.29. The first-order chi connectivity index (χ1) is 9.70. The highest BCUT2D eigenvalue weighted by atomic mass is 35.5. The maximum Gasteiger partial charge on any atom is 0.180 e. The van der Waals surface area contributed by atoms with Crippen molar-refractivity contribution in [1.29, 1.82) is 0 Å². The minimum absolute atomic E-state index is 0.681. The molecule has 0 saturated carbocycles. The molecule has 106 valence electrons. The summed E-state index contributed by atoms with van der Waals surface area (Å²) in [4.78, 5) is 8.02. The number of hydrogen-bond donors (Lipinski definition) is 1. The number of nitrogens with zero attached hydrogens (tertiary/aromatic N) is 2. The molecule has 2 N–H and O–H groups in total. The van der Waals surface area contributed by atoms with Crippen molar-refractivity contribution in [3.8, 4) is 5.75 Å². The van der Waals surface area contributed by atoms with Crippen molar-refractivity contribution in [3.05, 3.63) is 39.9 Å². The number of rotatable bonds is 5. The van der Waals surface area contributed by atoms with E-state index in [1.165, 1.54) is 4.88 Å². The number of anilines is 1. The zero-order chi connectivity index (χ0) is 13.9. The number of ether oxygens (including phenoxy) is 1. The Labute approximate surface area is 127 Å². The minimum atomic E-state index is 0.681. The van der Waals surface area contributed by atoms with Crippen LogP contribution in [0.1, 0.15) is 17.0 Å². The summed E-state index contributed by atoms with van der Waals surface area (Å²) in [6, 6.07) is 7.46. The van der Waals surface area contributed by atoms with Crippen molar-refractivity contribution in [2.75, 3.05) is 18.9 Å². The molecule has 3 rings (SSSR count). The van der Waals surface area contributed by atoms with E-state index in [0.29, 0.717) is 11.7 Å². The Bertz CT molecular complexity index is 561. The molecule has 2 aromatic rings. The average Bonchev–Trinajstić information content (AvgIpc) is 2.93. The highest BCUT2D eigenvalue weighted by Gasteiger charge is 2.22. The summed E-state index contributed by atoms with van der Waals surface area (Å²) >= 11 is 7.43. The Morgan fingerprint density at radius 1 is 1.30 bits per heavy atom. The quantitative estimate of drug-likeness (QED) is 0.862. The maximum absolute atomic E-state index is 5.83. The van der Waals surface area contributed by atoms with E-state index in [0.717, 1.165) is 42.5 Å². The van der Waals surface area contributed by atoms with Crippen molar-refractivity contribution in [3.63, 3.8) is 0 Å². The molecular formula is C14H16ClN3OS. The van der Waals surface area contributed by atoms with Crippen molar-refractivity contribution in [2.24, 2.45) is 0 Å². The van der Waals surface area contributed by atoms with Crippen molar-refractivity contribution >= 4 is 28.1 Å². The van der Waals surface area contributed by atoms with Crippen LogP contribution in [0.5, 0.6) is 5.75 Å². The molecule has 2 heterocycles. The normalized spacial score (nSPS) is 14.4. The van der Waals surface area contributed by atoms with E-state index in [9.17, 15) is 0 Å². The van der Waals surface area contributed by atoms with Crippen molar-refractivity contribution in [1.82, 2.24) is 9.88 Å². The smallest absolute Gasteiger partial charge is 0.180 e. The third kappa shape index (κ3) is 3.23. The Morgan fingerprint density at radius 2 is 2.10 bits per heavy atom. The van der Waals surface area contributed by atoms with Crippen LogP contribution in [0.2, 0.25) is 5.02 Å². The second-order valence-electron chi connectivity index (χ2n) is 4.79. The van der Waals surface area contributed by atoms with Gasteiger partial charge in [0.1, 0.15) is 5.75 Å². The van der Waals surface area contributed by atoms with Gasteiger partial charge in [-0.1, -0.05) is 11.6 Å². The average molecular weight is 310 g/mol. The molecule has 1 aliphatic heterocycles. The van der Waals surface area contributed by atoms with E-state index in [4.69, 9.17) is 22.1 Å². The van der Waals surface area contributed by atoms with Gasteiger partial charge in [0.2, 0.25) is 0 Å². The maximum atomic E-state index is 5.83. The molecule has 0 unspecified atom stereocenters. The van der Waals surface area contributed by atoms with E-state index in [2.05, 4.69) is 9.88 Å². The summed E-state index contributed by atoms with van der Waals surface area (Å²) in [6.07, 6.45) is 0.993. The van der Waals surface area contributed by atoms with Gasteiger partial charge in [0.25, 0.3) is 0 Å². The van der Waals surface area contributed by atoms with Gasteiger partial charge in [-0.25, -0.2) is 4.98 Å². The van der Waals surface area contributed by atoms with Crippen LogP contribution in [0.25, 0.3) is 0 Å². The van der Waals surface area contributed by atoms with Gasteiger partial charge in [-0.3, -0.25) is 4.90 Å². The summed E-state index contributed by atoms with van der Waals surface area (Å²) in [5.74, 6) is 0.865. The molecular weight excluding hydrogens is 294 g/mol. The fraction of sp³-hybridized carbons (Fsp3) is 0.357. The standard InChI is InChI=1S/C14H16ClN3OS/c15-10-2-4-11(5-3-10)19-7-1-6-18-8-12-13(9-18)20-14(16)17-12/h2-5H,1,6-9H2,(H2,16,17). The Hall–Kier alpha value is -1.30. The molecule has 0 radical (unpaired) electrons. The lowest BCUT2D eigenvalue weighted by molar-refractivity contribution is 0.237. The second-order valence-corrected chi connectivity index (χ2v) is 6.34. The predicted octanol–water partition coefficient (Wildman–Crippen LogP) is 3.16. The molecule has 0 fully saturated rings. The number of hydrogen-bond acceptors (Lipinski definition) is 5. The lowest BCUT2D eigenvalue weighted by Crippen LogP contribution is -2.19. The summed E-state index contributed by atoms with van der Waals surface area (Å²) in [6.45, 7) is 3.59. The number of halogens is 1. The third-order valence-corrected chi connectivity index (χ3v) is 4.40. The van der Waals surface area contributed by atoms with Crippen LogP contribution in [-0.4, -0.2) is 23.0 Å². The van der Waals surface area contributed by atoms with E-state index < -0.39 is 0 Å². The summed E-state index contributed by atoms with van der Waals surface area (Å²) in [5, 5.41) is 1.41. The monoisotopic (exact) mass is 309 g/mol. The van der Waals surface area contributed by atoms with E-state index in [1.807, 2.05) is 24.3 Å². The lowest BCUT2D eigenvalue weighted by Gasteiger charge is -2.14. The molecule has 0 saturated heterocycles. The van der Waals surface area contributed by atoms with Crippen LogP contribution < -0.4 is 10.5 Å². The topological polar surface area (TPSA) is 51.4 Å². The zero-order valence-electron chi connectivity index (χ0n) is 11.0. The summed E-state index contributed by atoms with van der Waals surface area (Å²) in [7, 11) is 0. The molecule has 1 aromatic heterocycles.